The van der Waals surface area contributed by atoms with Crippen LogP contribution in [-0.4, -0.2) is 19.6 Å². The maximum Gasteiger partial charge on any atom is 0.233 e. The van der Waals surface area contributed by atoms with Gasteiger partial charge in [-0.2, -0.15) is 0 Å². The number of rotatable bonds is 2. The number of carbonyl (C=O) groups is 1. The van der Waals surface area contributed by atoms with Crippen molar-refractivity contribution in [2.45, 2.75) is 52.4 Å². The third kappa shape index (κ3) is 2.44. The second-order valence-corrected chi connectivity index (χ2v) is 8.61. The van der Waals surface area contributed by atoms with Crippen LogP contribution in [0.2, 0.25) is 0 Å². The number of hydrogen-bond donors (Lipinski definition) is 0. The van der Waals surface area contributed by atoms with Gasteiger partial charge in [0.15, 0.2) is 0 Å². The topological polar surface area (TPSA) is 29.5 Å². The maximum absolute atomic E-state index is 13.7. The van der Waals surface area contributed by atoms with Crippen molar-refractivity contribution < 1.29 is 9.53 Å². The lowest BCUT2D eigenvalue weighted by Crippen LogP contribution is -2.50. The first kappa shape index (κ1) is 16.0. The van der Waals surface area contributed by atoms with Gasteiger partial charge in [0.1, 0.15) is 5.75 Å². The van der Waals surface area contributed by atoms with Crippen molar-refractivity contribution in [2.75, 3.05) is 18.6 Å². The van der Waals surface area contributed by atoms with Gasteiger partial charge < -0.3 is 9.64 Å². The molecule has 1 heterocycles. The molecule has 4 atom stereocenters. The SMILES string of the molecule is COc1cccc2c1CCN2C(=O)C12CC(C[C@@H](C)C1)C[C@H](C)C2. The van der Waals surface area contributed by atoms with E-state index in [4.69, 9.17) is 4.74 Å². The average molecular weight is 327 g/mol. The number of methoxy groups -OCH3 is 1. The molecule has 1 aromatic rings. The Morgan fingerprint density at radius 1 is 1.17 bits per heavy atom. The minimum absolute atomic E-state index is 0.120. The van der Waals surface area contributed by atoms with Crippen molar-refractivity contribution in [3.63, 3.8) is 0 Å². The van der Waals surface area contributed by atoms with Crippen molar-refractivity contribution >= 4 is 11.6 Å². The maximum atomic E-state index is 13.7. The van der Waals surface area contributed by atoms with Crippen LogP contribution in [0.3, 0.4) is 0 Å². The van der Waals surface area contributed by atoms with Crippen LogP contribution in [0.5, 0.6) is 5.75 Å². The largest absolute Gasteiger partial charge is 0.496 e. The fourth-order valence-corrected chi connectivity index (χ4v) is 6.06. The molecule has 0 saturated heterocycles. The molecule has 3 heteroatoms. The Bertz CT molecular complexity index is 634. The number of benzene rings is 1. The van der Waals surface area contributed by atoms with Gasteiger partial charge in [0.2, 0.25) is 5.91 Å². The van der Waals surface area contributed by atoms with E-state index in [2.05, 4.69) is 24.8 Å². The molecule has 2 fully saturated rings. The average Bonchev–Trinajstić information content (AvgIpc) is 2.96. The van der Waals surface area contributed by atoms with Gasteiger partial charge in [-0.3, -0.25) is 4.79 Å². The molecule has 3 aliphatic rings. The molecule has 0 aromatic heterocycles. The van der Waals surface area contributed by atoms with E-state index in [1.165, 1.54) is 18.4 Å². The van der Waals surface area contributed by atoms with E-state index in [1.807, 2.05) is 12.1 Å². The summed E-state index contributed by atoms with van der Waals surface area (Å²) in [5.41, 5.74) is 2.17. The summed E-state index contributed by atoms with van der Waals surface area (Å²) in [5, 5.41) is 0. The van der Waals surface area contributed by atoms with Crippen molar-refractivity contribution in [3.05, 3.63) is 23.8 Å². The number of nitrogens with zero attached hydrogens (tertiary/aromatic N) is 1. The molecule has 3 nitrogen and oxygen atoms in total. The summed E-state index contributed by atoms with van der Waals surface area (Å²) in [6, 6.07) is 6.11. The highest BCUT2D eigenvalue weighted by Gasteiger charge is 2.51. The Morgan fingerprint density at radius 2 is 1.88 bits per heavy atom. The molecule has 1 aliphatic heterocycles. The number of carbonyl (C=O) groups excluding carboxylic acids is 1. The molecule has 1 aromatic carbocycles. The molecule has 2 unspecified atom stereocenters. The van der Waals surface area contributed by atoms with Gasteiger partial charge in [-0.15, -0.1) is 0 Å². The molecule has 2 saturated carbocycles. The Kier molecular flexibility index (Phi) is 3.85. The van der Waals surface area contributed by atoms with Crippen LogP contribution in [0.25, 0.3) is 0 Å². The van der Waals surface area contributed by atoms with Gasteiger partial charge in [0.05, 0.1) is 18.2 Å². The second-order valence-electron chi connectivity index (χ2n) is 8.61. The summed E-state index contributed by atoms with van der Waals surface area (Å²) in [5.74, 6) is 3.40. The van der Waals surface area contributed by atoms with E-state index >= 15 is 0 Å². The van der Waals surface area contributed by atoms with Crippen LogP contribution in [-0.2, 0) is 11.2 Å². The summed E-state index contributed by atoms with van der Waals surface area (Å²) in [6.45, 7) is 5.49. The first-order chi connectivity index (χ1) is 11.5. The number of fused-ring (bicyclic) bond motifs is 3. The van der Waals surface area contributed by atoms with E-state index in [0.29, 0.717) is 17.7 Å². The van der Waals surface area contributed by atoms with Gasteiger partial charge in [-0.1, -0.05) is 19.9 Å². The van der Waals surface area contributed by atoms with Gasteiger partial charge >= 0.3 is 0 Å². The van der Waals surface area contributed by atoms with Gasteiger partial charge in [0.25, 0.3) is 0 Å². The molecule has 130 valence electrons. The molecular formula is C21H29NO2. The number of anilines is 1. The zero-order chi connectivity index (χ0) is 16.9. The predicted octanol–water partition coefficient (Wildman–Crippen LogP) is 4.44. The summed E-state index contributed by atoms with van der Waals surface area (Å²) in [4.78, 5) is 15.7. The van der Waals surface area contributed by atoms with Crippen molar-refractivity contribution in [3.8, 4) is 5.75 Å². The molecule has 0 spiro atoms. The summed E-state index contributed by atoms with van der Waals surface area (Å²) in [7, 11) is 1.72. The predicted molar refractivity (Wildman–Crippen MR) is 96.4 cm³/mol. The molecule has 1 amide bonds. The lowest BCUT2D eigenvalue weighted by atomic mass is 9.56. The molecule has 0 N–H and O–H groups in total. The lowest BCUT2D eigenvalue weighted by molar-refractivity contribution is -0.136. The van der Waals surface area contributed by atoms with Gasteiger partial charge in [-0.25, -0.2) is 0 Å². The van der Waals surface area contributed by atoms with Crippen LogP contribution in [0, 0.1) is 23.2 Å². The summed E-state index contributed by atoms with van der Waals surface area (Å²) >= 11 is 0. The second kappa shape index (κ2) is 5.79. The monoisotopic (exact) mass is 327 g/mol. The third-order valence-electron chi connectivity index (χ3n) is 6.53. The van der Waals surface area contributed by atoms with Crippen LogP contribution < -0.4 is 9.64 Å². The number of hydrogen-bond acceptors (Lipinski definition) is 2. The Hall–Kier alpha value is -1.51. The molecule has 2 bridgehead atoms. The first-order valence-corrected chi connectivity index (χ1v) is 9.50. The van der Waals surface area contributed by atoms with Crippen LogP contribution in [0.4, 0.5) is 5.69 Å². The summed E-state index contributed by atoms with van der Waals surface area (Å²) in [6.07, 6.45) is 6.78. The fourth-order valence-electron chi connectivity index (χ4n) is 6.06. The number of amides is 1. The van der Waals surface area contributed by atoms with Crippen molar-refractivity contribution in [1.82, 2.24) is 0 Å². The van der Waals surface area contributed by atoms with E-state index in [9.17, 15) is 4.79 Å². The molecule has 2 aliphatic carbocycles. The Morgan fingerprint density at radius 3 is 2.54 bits per heavy atom. The minimum atomic E-state index is -0.120. The zero-order valence-electron chi connectivity index (χ0n) is 15.2. The highest BCUT2D eigenvalue weighted by atomic mass is 16.5. The highest BCUT2D eigenvalue weighted by molar-refractivity contribution is 6.00. The lowest BCUT2D eigenvalue weighted by Gasteiger charge is -2.50. The van der Waals surface area contributed by atoms with E-state index in [1.54, 1.807) is 7.11 Å². The van der Waals surface area contributed by atoms with Gasteiger partial charge in [-0.05, 0) is 68.4 Å². The molecular weight excluding hydrogens is 298 g/mol. The van der Waals surface area contributed by atoms with Crippen molar-refractivity contribution in [2.24, 2.45) is 23.2 Å². The van der Waals surface area contributed by atoms with Gasteiger partial charge in [0, 0.05) is 12.1 Å². The third-order valence-corrected chi connectivity index (χ3v) is 6.53. The molecule has 4 rings (SSSR count). The highest BCUT2D eigenvalue weighted by Crippen LogP contribution is 2.54. The first-order valence-electron chi connectivity index (χ1n) is 9.50. The van der Waals surface area contributed by atoms with E-state index in [0.717, 1.165) is 49.6 Å². The Labute approximate surface area is 145 Å². The van der Waals surface area contributed by atoms with Crippen LogP contribution in [0.15, 0.2) is 18.2 Å². The van der Waals surface area contributed by atoms with Crippen molar-refractivity contribution in [1.29, 1.82) is 0 Å². The van der Waals surface area contributed by atoms with E-state index in [-0.39, 0.29) is 5.41 Å². The summed E-state index contributed by atoms with van der Waals surface area (Å²) < 4.78 is 5.51. The van der Waals surface area contributed by atoms with Crippen LogP contribution in [0.1, 0.15) is 51.5 Å². The normalized spacial score (nSPS) is 34.8. The number of ether oxygens (including phenoxy) is 1. The standard InChI is InChI=1S/C21H29NO2/c1-14-9-16-10-15(2)12-21(11-14,13-16)20(23)22-8-7-17-18(22)5-4-6-19(17)24-3/h4-6,14-16H,7-13H2,1-3H3/t14-,15+,16?,21?. The zero-order valence-corrected chi connectivity index (χ0v) is 15.2. The fraction of sp³-hybridized carbons (Fsp3) is 0.667. The smallest absolute Gasteiger partial charge is 0.233 e. The Balaban J connectivity index is 1.67. The molecule has 0 radical (unpaired) electrons. The minimum Gasteiger partial charge on any atom is -0.496 e. The quantitative estimate of drug-likeness (QED) is 0.804. The molecule has 24 heavy (non-hydrogen) atoms. The van der Waals surface area contributed by atoms with Crippen LogP contribution >= 0.6 is 0 Å². The van der Waals surface area contributed by atoms with E-state index < -0.39 is 0 Å².